The molecule has 0 radical (unpaired) electrons. The van der Waals surface area contributed by atoms with E-state index < -0.39 is 8.07 Å². The fourth-order valence-electron chi connectivity index (χ4n) is 2.56. The van der Waals surface area contributed by atoms with Crippen LogP contribution in [0.2, 0.25) is 30.7 Å². The van der Waals surface area contributed by atoms with E-state index in [4.69, 9.17) is 21.3 Å². The summed E-state index contributed by atoms with van der Waals surface area (Å²) in [5, 5.41) is 0.613. The molecule has 1 aromatic carbocycles. The molecule has 0 aliphatic carbocycles. The van der Waals surface area contributed by atoms with Crippen molar-refractivity contribution in [2.45, 2.75) is 39.3 Å². The maximum absolute atomic E-state index is 6.48. The van der Waals surface area contributed by atoms with Gasteiger partial charge in [-0.2, -0.15) is 0 Å². The normalized spacial score (nSPS) is 12.1. The van der Waals surface area contributed by atoms with Gasteiger partial charge in [-0.1, -0.05) is 61.1 Å². The van der Waals surface area contributed by atoms with Gasteiger partial charge in [-0.15, -0.1) is 0 Å². The lowest BCUT2D eigenvalue weighted by molar-refractivity contribution is 0.0878. The number of hydrogen-bond donors (Lipinski definition) is 0. The van der Waals surface area contributed by atoms with Crippen LogP contribution in [0.3, 0.4) is 0 Å². The van der Waals surface area contributed by atoms with Crippen molar-refractivity contribution < 1.29 is 4.74 Å². The van der Waals surface area contributed by atoms with E-state index in [0.717, 1.165) is 38.9 Å². The summed E-state index contributed by atoms with van der Waals surface area (Å²) < 4.78 is 8.78. The lowest BCUT2D eigenvalue weighted by Gasteiger charge is -2.15. The van der Waals surface area contributed by atoms with E-state index in [-0.39, 0.29) is 0 Å². The molecule has 3 aromatic rings. The summed E-state index contributed by atoms with van der Waals surface area (Å²) in [6.07, 6.45) is 0. The third-order valence-electron chi connectivity index (χ3n) is 4.17. The second kappa shape index (κ2) is 7.96. The van der Waals surface area contributed by atoms with Crippen LogP contribution in [-0.4, -0.2) is 29.2 Å². The van der Waals surface area contributed by atoms with E-state index in [1.807, 2.05) is 22.8 Å². The average Bonchev–Trinajstić information content (AvgIpc) is 2.85. The summed E-state index contributed by atoms with van der Waals surface area (Å²) >= 11 is 8.70. The molecule has 0 N–H and O–H groups in total. The lowest BCUT2D eigenvalue weighted by Crippen LogP contribution is -2.22. The molecule has 0 unspecified atom stereocenters. The van der Waals surface area contributed by atoms with Crippen LogP contribution >= 0.6 is 34.2 Å². The topological polar surface area (TPSA) is 39.9 Å². The summed E-state index contributed by atoms with van der Waals surface area (Å²) in [5.41, 5.74) is 4.59. The predicted octanol–water partition coefficient (Wildman–Crippen LogP) is 5.98. The van der Waals surface area contributed by atoms with E-state index in [9.17, 15) is 0 Å². The average molecular weight is 500 g/mol. The van der Waals surface area contributed by atoms with Crippen LogP contribution in [0, 0.1) is 10.8 Å². The van der Waals surface area contributed by atoms with Crippen LogP contribution in [0.15, 0.2) is 30.3 Å². The fourth-order valence-corrected chi connectivity index (χ4v) is 4.20. The first kappa shape index (κ1) is 19.8. The van der Waals surface area contributed by atoms with Crippen LogP contribution in [0.5, 0.6) is 0 Å². The number of imidazole rings is 1. The van der Waals surface area contributed by atoms with Crippen molar-refractivity contribution in [3.63, 3.8) is 0 Å². The molecule has 0 fully saturated rings. The van der Waals surface area contributed by atoms with Crippen molar-refractivity contribution in [2.75, 3.05) is 6.61 Å². The van der Waals surface area contributed by atoms with E-state index in [1.54, 1.807) is 0 Å². The van der Waals surface area contributed by atoms with Crippen LogP contribution in [0.4, 0.5) is 0 Å². The maximum Gasteiger partial charge on any atom is 0.175 e. The quantitative estimate of drug-likeness (QED) is 0.238. The SMILES string of the molecule is Cc1ccc(-c2nc3c(cc2Cl)nc(I)n3COCC[Si](C)(C)C)cc1. The Morgan fingerprint density at radius 3 is 2.50 bits per heavy atom. The molecule has 2 heterocycles. The number of rotatable bonds is 6. The number of aryl methyl sites for hydroxylation is 1. The van der Waals surface area contributed by atoms with Gasteiger partial charge in [0, 0.05) is 42.8 Å². The van der Waals surface area contributed by atoms with Crippen LogP contribution in [-0.2, 0) is 11.5 Å². The molecule has 26 heavy (non-hydrogen) atoms. The highest BCUT2D eigenvalue weighted by Gasteiger charge is 2.16. The van der Waals surface area contributed by atoms with Gasteiger partial charge in [-0.25, -0.2) is 9.97 Å². The molecular formula is C19H23ClIN3OSi. The molecule has 0 spiro atoms. The van der Waals surface area contributed by atoms with Gasteiger partial charge in [0.1, 0.15) is 12.2 Å². The van der Waals surface area contributed by atoms with Gasteiger partial charge in [0.25, 0.3) is 0 Å². The van der Waals surface area contributed by atoms with Crippen molar-refractivity contribution in [1.29, 1.82) is 0 Å². The molecule has 0 bridgehead atoms. The first-order chi connectivity index (χ1) is 12.2. The first-order valence-electron chi connectivity index (χ1n) is 8.62. The molecule has 0 saturated carbocycles. The third kappa shape index (κ3) is 4.65. The summed E-state index contributed by atoms with van der Waals surface area (Å²) in [5.74, 6) is 0. The molecule has 0 saturated heterocycles. The molecule has 138 valence electrons. The minimum Gasteiger partial charge on any atom is -0.361 e. The number of aromatic nitrogens is 3. The van der Waals surface area contributed by atoms with E-state index in [0.29, 0.717) is 11.8 Å². The number of halogens is 2. The maximum atomic E-state index is 6.48. The number of fused-ring (bicyclic) bond motifs is 1. The second-order valence-electron chi connectivity index (χ2n) is 7.68. The van der Waals surface area contributed by atoms with Gasteiger partial charge in [0.15, 0.2) is 9.48 Å². The van der Waals surface area contributed by atoms with Gasteiger partial charge in [0.05, 0.1) is 10.7 Å². The van der Waals surface area contributed by atoms with Gasteiger partial charge in [-0.3, -0.25) is 4.57 Å². The Morgan fingerprint density at radius 1 is 1.15 bits per heavy atom. The largest absolute Gasteiger partial charge is 0.361 e. The monoisotopic (exact) mass is 499 g/mol. The summed E-state index contributed by atoms with van der Waals surface area (Å²) in [6, 6.07) is 11.3. The van der Waals surface area contributed by atoms with Gasteiger partial charge >= 0.3 is 0 Å². The molecule has 0 atom stereocenters. The molecular weight excluding hydrogens is 477 g/mol. The summed E-state index contributed by atoms with van der Waals surface area (Å²) in [4.78, 5) is 9.40. The predicted molar refractivity (Wildman–Crippen MR) is 120 cm³/mol. The zero-order valence-electron chi connectivity index (χ0n) is 15.5. The highest BCUT2D eigenvalue weighted by Crippen LogP contribution is 2.30. The van der Waals surface area contributed by atoms with Crippen LogP contribution in [0.1, 0.15) is 5.56 Å². The second-order valence-corrected chi connectivity index (χ2v) is 14.7. The molecule has 4 nitrogen and oxygen atoms in total. The van der Waals surface area contributed by atoms with Crippen LogP contribution in [0.25, 0.3) is 22.4 Å². The minimum atomic E-state index is -1.10. The lowest BCUT2D eigenvalue weighted by atomic mass is 10.1. The number of hydrogen-bond acceptors (Lipinski definition) is 3. The summed E-state index contributed by atoms with van der Waals surface area (Å²) in [7, 11) is -1.10. The number of pyridine rings is 1. The third-order valence-corrected chi connectivity index (χ3v) is 6.99. The molecule has 0 amide bonds. The fraction of sp³-hybridized carbons (Fsp3) is 0.368. The standard InChI is InChI=1S/C19H23ClIN3OSi/c1-13-5-7-14(8-6-13)17-15(20)11-16-18(23-17)24(19(21)22-16)12-25-9-10-26(2,3)4/h5-8,11H,9-10,12H2,1-4H3. The Bertz CT molecular complexity index is 919. The Kier molecular flexibility index (Phi) is 6.06. The Morgan fingerprint density at radius 2 is 1.85 bits per heavy atom. The van der Waals surface area contributed by atoms with E-state index in [1.165, 1.54) is 5.56 Å². The van der Waals surface area contributed by atoms with Crippen LogP contribution < -0.4 is 0 Å². The van der Waals surface area contributed by atoms with E-state index in [2.05, 4.69) is 66.3 Å². The Labute approximate surface area is 174 Å². The highest BCUT2D eigenvalue weighted by molar-refractivity contribution is 14.1. The van der Waals surface area contributed by atoms with Crippen molar-refractivity contribution in [3.8, 4) is 11.3 Å². The van der Waals surface area contributed by atoms with Gasteiger partial charge < -0.3 is 4.74 Å². The smallest absolute Gasteiger partial charge is 0.175 e. The molecule has 0 aliphatic heterocycles. The zero-order valence-corrected chi connectivity index (χ0v) is 19.4. The van der Waals surface area contributed by atoms with Gasteiger partial charge in [-0.05, 0) is 19.0 Å². The Balaban J connectivity index is 1.90. The molecule has 0 aliphatic rings. The first-order valence-corrected chi connectivity index (χ1v) is 13.8. The number of nitrogens with zero attached hydrogens (tertiary/aromatic N) is 3. The molecule has 3 rings (SSSR count). The Hall–Kier alpha value is -0.963. The van der Waals surface area contributed by atoms with Gasteiger partial charge in [0.2, 0.25) is 0 Å². The summed E-state index contributed by atoms with van der Waals surface area (Å²) in [6.45, 7) is 10.3. The number of ether oxygens (including phenoxy) is 1. The molecule has 7 heteroatoms. The number of benzene rings is 1. The zero-order chi connectivity index (χ0) is 18.9. The minimum absolute atomic E-state index is 0.460. The van der Waals surface area contributed by atoms with Crippen molar-refractivity contribution in [3.05, 3.63) is 44.7 Å². The highest BCUT2D eigenvalue weighted by atomic mass is 127. The van der Waals surface area contributed by atoms with Crippen molar-refractivity contribution in [1.82, 2.24) is 14.5 Å². The molecule has 2 aromatic heterocycles. The van der Waals surface area contributed by atoms with Crippen molar-refractivity contribution >= 4 is 53.4 Å². The van der Waals surface area contributed by atoms with E-state index >= 15 is 0 Å². The van der Waals surface area contributed by atoms with Crippen molar-refractivity contribution in [2.24, 2.45) is 0 Å².